The number of halogens is 3. The Morgan fingerprint density at radius 3 is 2.37 bits per heavy atom. The Balaban J connectivity index is 2.27. The molecule has 0 unspecified atom stereocenters. The van der Waals surface area contributed by atoms with Crippen LogP contribution in [0.3, 0.4) is 0 Å². The molecular weight excluding hydrogens is 417 g/mol. The molecule has 3 rings (SSSR count). The van der Waals surface area contributed by atoms with Gasteiger partial charge in [0.2, 0.25) is 0 Å². The Hall–Kier alpha value is -2.61. The van der Waals surface area contributed by atoms with Crippen LogP contribution in [0.4, 0.5) is 0 Å². The van der Waals surface area contributed by atoms with Gasteiger partial charge in [0.25, 0.3) is 0 Å². The van der Waals surface area contributed by atoms with Crippen molar-refractivity contribution in [1.82, 2.24) is 14.5 Å². The van der Waals surface area contributed by atoms with E-state index in [1.165, 1.54) is 23.0 Å². The van der Waals surface area contributed by atoms with E-state index in [2.05, 4.69) is 9.97 Å². The lowest BCUT2D eigenvalue weighted by Crippen LogP contribution is -2.14. The molecular formula is C17H10Cl3N3O4. The molecule has 2 N–H and O–H groups in total. The molecule has 7 nitrogen and oxygen atoms in total. The number of carbonyl (C=O) groups is 2. The first-order chi connectivity index (χ1) is 12.8. The second-order valence-corrected chi connectivity index (χ2v) is 6.74. The zero-order valence-corrected chi connectivity index (χ0v) is 15.6. The first-order valence-electron chi connectivity index (χ1n) is 7.40. The number of hydrogen-bond donors (Lipinski definition) is 2. The van der Waals surface area contributed by atoms with Crippen molar-refractivity contribution in [2.75, 3.05) is 0 Å². The normalized spacial score (nSPS) is 10.8. The van der Waals surface area contributed by atoms with Crippen LogP contribution in [0.1, 0.15) is 26.5 Å². The van der Waals surface area contributed by atoms with Gasteiger partial charge < -0.3 is 14.8 Å². The first kappa shape index (κ1) is 19.2. The van der Waals surface area contributed by atoms with Crippen molar-refractivity contribution in [3.05, 3.63) is 68.7 Å². The highest BCUT2D eigenvalue weighted by Crippen LogP contribution is 2.28. The lowest BCUT2D eigenvalue weighted by molar-refractivity contribution is 0.0640. The average Bonchev–Trinajstić information content (AvgIpc) is 2.98. The maximum absolute atomic E-state index is 11.8. The SMILES string of the molecule is O=C(O)c1nc(-c2cncc(Cl)c2)n(Cc2cc(Cl)ccc2Cl)c1C(=O)O. The van der Waals surface area contributed by atoms with Gasteiger partial charge in [0.1, 0.15) is 5.82 Å². The lowest BCUT2D eigenvalue weighted by atomic mass is 10.2. The number of carboxylic acids is 2. The summed E-state index contributed by atoms with van der Waals surface area (Å²) in [5, 5.41) is 20.0. The van der Waals surface area contributed by atoms with Gasteiger partial charge in [0.05, 0.1) is 11.6 Å². The van der Waals surface area contributed by atoms with Crippen molar-refractivity contribution in [1.29, 1.82) is 0 Å². The Kier molecular flexibility index (Phi) is 5.36. The Morgan fingerprint density at radius 1 is 1.00 bits per heavy atom. The smallest absolute Gasteiger partial charge is 0.357 e. The number of aromatic carboxylic acids is 2. The van der Waals surface area contributed by atoms with Crippen LogP contribution in [0.25, 0.3) is 11.4 Å². The Labute approximate surface area is 167 Å². The molecule has 1 aromatic carbocycles. The largest absolute Gasteiger partial charge is 0.476 e. The van der Waals surface area contributed by atoms with Gasteiger partial charge in [0, 0.05) is 28.0 Å². The van der Waals surface area contributed by atoms with Crippen molar-refractivity contribution in [3.8, 4) is 11.4 Å². The number of nitrogens with zero attached hydrogens (tertiary/aromatic N) is 3. The third kappa shape index (κ3) is 3.90. The molecule has 0 saturated heterocycles. The number of carboxylic acid groups (broad SMARTS) is 2. The van der Waals surface area contributed by atoms with Crippen molar-refractivity contribution >= 4 is 46.7 Å². The minimum Gasteiger partial charge on any atom is -0.476 e. The monoisotopic (exact) mass is 425 g/mol. The van der Waals surface area contributed by atoms with E-state index >= 15 is 0 Å². The third-order valence-corrected chi connectivity index (χ3v) is 4.48. The number of aromatic nitrogens is 3. The van der Waals surface area contributed by atoms with E-state index in [1.807, 2.05) is 0 Å². The van der Waals surface area contributed by atoms with Crippen LogP contribution in [-0.4, -0.2) is 36.7 Å². The number of pyridine rings is 1. The molecule has 2 aromatic heterocycles. The molecule has 0 spiro atoms. The van der Waals surface area contributed by atoms with Crippen LogP contribution in [0.15, 0.2) is 36.7 Å². The molecule has 0 aliphatic carbocycles. The summed E-state index contributed by atoms with van der Waals surface area (Å²) in [6.45, 7) is -0.0663. The maximum Gasteiger partial charge on any atom is 0.357 e. The molecule has 0 atom stereocenters. The summed E-state index contributed by atoms with van der Waals surface area (Å²) in [6.07, 6.45) is 2.80. The molecule has 0 radical (unpaired) electrons. The topological polar surface area (TPSA) is 105 Å². The molecule has 3 aromatic rings. The minimum atomic E-state index is -1.47. The molecule has 0 bridgehead atoms. The Bertz CT molecular complexity index is 1070. The molecule has 0 aliphatic heterocycles. The molecule has 0 fully saturated rings. The van der Waals surface area contributed by atoms with E-state index in [-0.39, 0.29) is 17.4 Å². The highest BCUT2D eigenvalue weighted by atomic mass is 35.5. The van der Waals surface area contributed by atoms with E-state index in [9.17, 15) is 19.8 Å². The van der Waals surface area contributed by atoms with Crippen molar-refractivity contribution in [2.45, 2.75) is 6.54 Å². The minimum absolute atomic E-state index is 0.0663. The summed E-state index contributed by atoms with van der Waals surface area (Å²) >= 11 is 18.1. The molecule has 0 aliphatic rings. The highest BCUT2D eigenvalue weighted by molar-refractivity contribution is 6.33. The number of hydrogen-bond acceptors (Lipinski definition) is 4. The van der Waals surface area contributed by atoms with Gasteiger partial charge in [-0.15, -0.1) is 0 Å². The van der Waals surface area contributed by atoms with E-state index in [4.69, 9.17) is 34.8 Å². The molecule has 10 heteroatoms. The molecule has 2 heterocycles. The maximum atomic E-state index is 11.8. The fourth-order valence-electron chi connectivity index (χ4n) is 2.56. The molecule has 138 valence electrons. The lowest BCUT2D eigenvalue weighted by Gasteiger charge is -2.12. The van der Waals surface area contributed by atoms with Gasteiger partial charge in [-0.1, -0.05) is 34.8 Å². The molecule has 27 heavy (non-hydrogen) atoms. The molecule has 0 amide bonds. The van der Waals surface area contributed by atoms with E-state index in [1.54, 1.807) is 18.2 Å². The van der Waals surface area contributed by atoms with Crippen LogP contribution >= 0.6 is 34.8 Å². The fourth-order valence-corrected chi connectivity index (χ4v) is 3.11. The molecule has 0 saturated carbocycles. The average molecular weight is 427 g/mol. The van der Waals surface area contributed by atoms with Crippen molar-refractivity contribution < 1.29 is 19.8 Å². The van der Waals surface area contributed by atoms with Crippen molar-refractivity contribution in [2.24, 2.45) is 0 Å². The summed E-state index contributed by atoms with van der Waals surface area (Å²) in [7, 11) is 0. The van der Waals surface area contributed by atoms with Crippen LogP contribution < -0.4 is 0 Å². The standard InChI is InChI=1S/C17H10Cl3N3O4/c18-10-1-2-12(20)9(4-10)7-23-14(17(26)27)13(16(24)25)22-15(23)8-3-11(19)6-21-5-8/h1-6H,7H2,(H,24,25)(H,26,27). The van der Waals surface area contributed by atoms with E-state index in [0.717, 1.165) is 0 Å². The number of benzene rings is 1. The number of rotatable bonds is 5. The summed E-state index contributed by atoms with van der Waals surface area (Å²) in [6, 6.07) is 6.22. The summed E-state index contributed by atoms with van der Waals surface area (Å²) < 4.78 is 1.23. The van der Waals surface area contributed by atoms with Gasteiger partial charge in [0.15, 0.2) is 11.4 Å². The van der Waals surface area contributed by atoms with Crippen LogP contribution in [-0.2, 0) is 6.54 Å². The second-order valence-electron chi connectivity index (χ2n) is 5.46. The van der Waals surface area contributed by atoms with Gasteiger partial charge in [-0.25, -0.2) is 14.6 Å². The number of imidazole rings is 1. The highest BCUT2D eigenvalue weighted by Gasteiger charge is 2.28. The van der Waals surface area contributed by atoms with E-state index in [0.29, 0.717) is 21.2 Å². The fraction of sp³-hybridized carbons (Fsp3) is 0.0588. The zero-order chi connectivity index (χ0) is 19.7. The van der Waals surface area contributed by atoms with Crippen LogP contribution in [0.2, 0.25) is 15.1 Å². The van der Waals surface area contributed by atoms with Crippen LogP contribution in [0.5, 0.6) is 0 Å². The van der Waals surface area contributed by atoms with E-state index < -0.39 is 23.3 Å². The summed E-state index contributed by atoms with van der Waals surface area (Å²) in [4.78, 5) is 31.3. The predicted octanol–water partition coefficient (Wildman–Crippen LogP) is 4.35. The first-order valence-corrected chi connectivity index (χ1v) is 8.53. The predicted molar refractivity (Wildman–Crippen MR) is 100.0 cm³/mol. The second kappa shape index (κ2) is 7.56. The van der Waals surface area contributed by atoms with Gasteiger partial charge in [-0.05, 0) is 29.8 Å². The van der Waals surface area contributed by atoms with Crippen molar-refractivity contribution in [3.63, 3.8) is 0 Å². The third-order valence-electron chi connectivity index (χ3n) is 3.67. The Morgan fingerprint density at radius 2 is 1.74 bits per heavy atom. The quantitative estimate of drug-likeness (QED) is 0.628. The van der Waals surface area contributed by atoms with Gasteiger partial charge in [-0.2, -0.15) is 0 Å². The summed E-state index contributed by atoms with van der Waals surface area (Å²) in [5.74, 6) is -2.84. The van der Waals surface area contributed by atoms with Gasteiger partial charge in [-0.3, -0.25) is 4.98 Å². The van der Waals surface area contributed by atoms with Gasteiger partial charge >= 0.3 is 11.9 Å². The zero-order valence-electron chi connectivity index (χ0n) is 13.4. The van der Waals surface area contributed by atoms with Crippen LogP contribution in [0, 0.1) is 0 Å². The summed E-state index contributed by atoms with van der Waals surface area (Å²) in [5.41, 5.74) is -0.239.